The lowest BCUT2D eigenvalue weighted by Crippen LogP contribution is -2.46. The van der Waals surface area contributed by atoms with Gasteiger partial charge in [-0.15, -0.1) is 0 Å². The molecule has 2 rings (SSSR count). The molecule has 1 heterocycles. The highest BCUT2D eigenvalue weighted by atomic mass is 16.5. The fourth-order valence-corrected chi connectivity index (χ4v) is 2.97. The second kappa shape index (κ2) is 7.05. The zero-order valence-corrected chi connectivity index (χ0v) is 12.9. The smallest absolute Gasteiger partial charge is 0.335 e. The molecule has 1 unspecified atom stereocenters. The molecule has 0 bridgehead atoms. The molecule has 0 aliphatic carbocycles. The molecule has 4 nitrogen and oxygen atoms in total. The van der Waals surface area contributed by atoms with Crippen LogP contribution in [0.5, 0.6) is 0 Å². The van der Waals surface area contributed by atoms with Crippen molar-refractivity contribution >= 4 is 5.97 Å². The van der Waals surface area contributed by atoms with Crippen LogP contribution in [0.1, 0.15) is 55.5 Å². The molecule has 0 saturated carbocycles. The van der Waals surface area contributed by atoms with E-state index in [0.29, 0.717) is 11.6 Å². The quantitative estimate of drug-likeness (QED) is 0.845. The van der Waals surface area contributed by atoms with Crippen molar-refractivity contribution in [2.24, 2.45) is 0 Å². The third-order valence-corrected chi connectivity index (χ3v) is 4.58. The topological polar surface area (TPSA) is 58.6 Å². The number of rotatable bonds is 6. The number of carboxylic acid groups (broad SMARTS) is 1. The van der Waals surface area contributed by atoms with Crippen LogP contribution in [0.4, 0.5) is 0 Å². The Balaban J connectivity index is 1.89. The Morgan fingerprint density at radius 2 is 2.00 bits per heavy atom. The molecule has 0 amide bonds. The SMILES string of the molecule is CCC1(CC)CC(NCc2ccc(C(=O)O)cc2)CCO1. The molecule has 116 valence electrons. The molecule has 0 radical (unpaired) electrons. The fourth-order valence-electron chi connectivity index (χ4n) is 2.97. The predicted molar refractivity (Wildman–Crippen MR) is 82.5 cm³/mol. The lowest BCUT2D eigenvalue weighted by molar-refractivity contribution is -0.0932. The van der Waals surface area contributed by atoms with Gasteiger partial charge < -0.3 is 15.2 Å². The molecule has 0 spiro atoms. The first kappa shape index (κ1) is 16.0. The van der Waals surface area contributed by atoms with E-state index in [9.17, 15) is 4.79 Å². The Kier molecular flexibility index (Phi) is 5.37. The number of benzene rings is 1. The highest BCUT2D eigenvalue weighted by molar-refractivity contribution is 5.87. The third-order valence-electron chi connectivity index (χ3n) is 4.58. The van der Waals surface area contributed by atoms with Crippen LogP contribution in [0, 0.1) is 0 Å². The number of hydrogen-bond donors (Lipinski definition) is 2. The number of hydrogen-bond acceptors (Lipinski definition) is 3. The minimum absolute atomic E-state index is 0.0308. The largest absolute Gasteiger partial charge is 0.478 e. The molecular weight excluding hydrogens is 266 g/mol. The lowest BCUT2D eigenvalue weighted by atomic mass is 9.86. The van der Waals surface area contributed by atoms with E-state index in [2.05, 4.69) is 19.2 Å². The summed E-state index contributed by atoms with van der Waals surface area (Å²) in [5.74, 6) is -0.880. The Bertz CT molecular complexity index is 465. The van der Waals surface area contributed by atoms with E-state index in [1.54, 1.807) is 12.1 Å². The van der Waals surface area contributed by atoms with Crippen molar-refractivity contribution in [3.63, 3.8) is 0 Å². The summed E-state index contributed by atoms with van der Waals surface area (Å²) < 4.78 is 5.98. The molecule has 2 N–H and O–H groups in total. The summed E-state index contributed by atoms with van der Waals surface area (Å²) in [5.41, 5.74) is 1.48. The standard InChI is InChI=1S/C17H25NO3/c1-3-17(4-2)11-15(9-10-21-17)18-12-13-5-7-14(8-6-13)16(19)20/h5-8,15,18H,3-4,9-12H2,1-2H3,(H,19,20). The van der Waals surface area contributed by atoms with Crippen molar-refractivity contribution in [2.75, 3.05) is 6.61 Å². The van der Waals surface area contributed by atoms with Crippen LogP contribution in [0.3, 0.4) is 0 Å². The fraction of sp³-hybridized carbons (Fsp3) is 0.588. The summed E-state index contributed by atoms with van der Waals surface area (Å²) in [6.45, 7) is 5.97. The normalized spacial score (nSPS) is 21.1. The summed E-state index contributed by atoms with van der Waals surface area (Å²) in [4.78, 5) is 10.8. The average Bonchev–Trinajstić information content (AvgIpc) is 2.53. The van der Waals surface area contributed by atoms with Crippen LogP contribution in [-0.2, 0) is 11.3 Å². The van der Waals surface area contributed by atoms with Crippen molar-refractivity contribution in [1.29, 1.82) is 0 Å². The molecule has 1 atom stereocenters. The Morgan fingerprint density at radius 1 is 1.33 bits per heavy atom. The van der Waals surface area contributed by atoms with Crippen molar-refractivity contribution < 1.29 is 14.6 Å². The van der Waals surface area contributed by atoms with E-state index in [1.807, 2.05) is 12.1 Å². The monoisotopic (exact) mass is 291 g/mol. The van der Waals surface area contributed by atoms with Crippen LogP contribution in [-0.4, -0.2) is 29.3 Å². The number of ether oxygens (including phenoxy) is 1. The van der Waals surface area contributed by atoms with Gasteiger partial charge in [-0.05, 0) is 43.4 Å². The van der Waals surface area contributed by atoms with E-state index in [0.717, 1.165) is 44.4 Å². The van der Waals surface area contributed by atoms with Gasteiger partial charge in [0, 0.05) is 19.2 Å². The van der Waals surface area contributed by atoms with Gasteiger partial charge in [0.1, 0.15) is 0 Å². The second-order valence-electron chi connectivity index (χ2n) is 5.81. The van der Waals surface area contributed by atoms with Crippen LogP contribution >= 0.6 is 0 Å². The van der Waals surface area contributed by atoms with Gasteiger partial charge in [0.25, 0.3) is 0 Å². The Hall–Kier alpha value is -1.39. The summed E-state index contributed by atoms with van der Waals surface area (Å²) >= 11 is 0. The van der Waals surface area contributed by atoms with Gasteiger partial charge in [-0.1, -0.05) is 26.0 Å². The maximum absolute atomic E-state index is 10.8. The lowest BCUT2D eigenvalue weighted by Gasteiger charge is -2.40. The first-order valence-electron chi connectivity index (χ1n) is 7.78. The van der Waals surface area contributed by atoms with Gasteiger partial charge in [-0.25, -0.2) is 4.79 Å². The predicted octanol–water partition coefficient (Wildman–Crippen LogP) is 3.21. The molecule has 0 aromatic heterocycles. The van der Waals surface area contributed by atoms with Gasteiger partial charge in [-0.2, -0.15) is 0 Å². The Morgan fingerprint density at radius 3 is 2.57 bits per heavy atom. The van der Waals surface area contributed by atoms with Crippen LogP contribution in [0.15, 0.2) is 24.3 Å². The summed E-state index contributed by atoms with van der Waals surface area (Å²) in [6, 6.07) is 7.54. The van der Waals surface area contributed by atoms with Crippen LogP contribution < -0.4 is 5.32 Å². The van der Waals surface area contributed by atoms with Gasteiger partial charge in [0.15, 0.2) is 0 Å². The second-order valence-corrected chi connectivity index (χ2v) is 5.81. The van der Waals surface area contributed by atoms with Crippen LogP contribution in [0.2, 0.25) is 0 Å². The van der Waals surface area contributed by atoms with Gasteiger partial charge >= 0.3 is 5.97 Å². The molecule has 1 aliphatic rings. The van der Waals surface area contributed by atoms with E-state index < -0.39 is 5.97 Å². The van der Waals surface area contributed by atoms with E-state index in [-0.39, 0.29) is 5.60 Å². The maximum atomic E-state index is 10.8. The molecular formula is C17H25NO3. The molecule has 21 heavy (non-hydrogen) atoms. The first-order valence-corrected chi connectivity index (χ1v) is 7.78. The minimum atomic E-state index is -0.880. The molecule has 1 fully saturated rings. The van der Waals surface area contributed by atoms with Gasteiger partial charge in [0.05, 0.1) is 11.2 Å². The minimum Gasteiger partial charge on any atom is -0.478 e. The van der Waals surface area contributed by atoms with Crippen molar-refractivity contribution in [1.82, 2.24) is 5.32 Å². The highest BCUT2D eigenvalue weighted by Gasteiger charge is 2.34. The maximum Gasteiger partial charge on any atom is 0.335 e. The highest BCUT2D eigenvalue weighted by Crippen LogP contribution is 2.31. The van der Waals surface area contributed by atoms with Gasteiger partial charge in [0.2, 0.25) is 0 Å². The molecule has 1 aliphatic heterocycles. The summed E-state index contributed by atoms with van der Waals surface area (Å²) in [6.07, 6.45) is 4.19. The van der Waals surface area contributed by atoms with Crippen molar-refractivity contribution in [3.8, 4) is 0 Å². The zero-order chi connectivity index (χ0) is 15.3. The van der Waals surface area contributed by atoms with Crippen molar-refractivity contribution in [2.45, 2.75) is 57.7 Å². The number of nitrogens with one attached hydrogen (secondary N) is 1. The first-order chi connectivity index (χ1) is 10.1. The number of carbonyl (C=O) groups is 1. The molecule has 1 saturated heterocycles. The average molecular weight is 291 g/mol. The Labute approximate surface area is 126 Å². The third kappa shape index (κ3) is 4.05. The number of aromatic carboxylic acids is 1. The molecule has 1 aromatic carbocycles. The summed E-state index contributed by atoms with van der Waals surface area (Å²) in [7, 11) is 0. The number of carboxylic acids is 1. The van der Waals surface area contributed by atoms with Crippen LogP contribution in [0.25, 0.3) is 0 Å². The van der Waals surface area contributed by atoms with Crippen molar-refractivity contribution in [3.05, 3.63) is 35.4 Å². The summed E-state index contributed by atoms with van der Waals surface area (Å²) in [5, 5.41) is 12.5. The van der Waals surface area contributed by atoms with Gasteiger partial charge in [-0.3, -0.25) is 0 Å². The van der Waals surface area contributed by atoms with E-state index in [4.69, 9.17) is 9.84 Å². The zero-order valence-electron chi connectivity index (χ0n) is 12.9. The van der Waals surface area contributed by atoms with E-state index in [1.165, 1.54) is 0 Å². The molecule has 1 aromatic rings. The van der Waals surface area contributed by atoms with E-state index >= 15 is 0 Å². The molecule has 4 heteroatoms.